The van der Waals surface area contributed by atoms with Crippen LogP contribution in [-0.4, -0.2) is 19.1 Å². The van der Waals surface area contributed by atoms with E-state index in [1.807, 2.05) is 0 Å². The molecule has 0 unspecified atom stereocenters. The topological polar surface area (TPSA) is 50.4 Å². The molecule has 0 heterocycles. The molecule has 140 valence electrons. The highest BCUT2D eigenvalue weighted by molar-refractivity contribution is 5.94. The van der Waals surface area contributed by atoms with Crippen molar-refractivity contribution in [3.63, 3.8) is 0 Å². The first-order chi connectivity index (χ1) is 12.2. The zero-order chi connectivity index (χ0) is 19.3. The zero-order valence-corrected chi connectivity index (χ0v) is 13.5. The molecule has 0 spiro atoms. The summed E-state index contributed by atoms with van der Waals surface area (Å²) in [6.45, 7) is -1.81. The van der Waals surface area contributed by atoms with Gasteiger partial charge in [0.1, 0.15) is 5.75 Å². The predicted octanol–water partition coefficient (Wildman–Crippen LogP) is 4.67. The van der Waals surface area contributed by atoms with Gasteiger partial charge in [-0.25, -0.2) is 0 Å². The summed E-state index contributed by atoms with van der Waals surface area (Å²) in [5.74, 6) is -0.636. The van der Waals surface area contributed by atoms with Gasteiger partial charge in [-0.1, -0.05) is 12.1 Å². The Balaban J connectivity index is 2.00. The molecule has 0 saturated carbocycles. The molecule has 9 heteroatoms. The van der Waals surface area contributed by atoms with Crippen LogP contribution >= 0.6 is 0 Å². The minimum absolute atomic E-state index is 0.0800. The van der Waals surface area contributed by atoms with Crippen molar-refractivity contribution in [2.24, 2.45) is 0 Å². The first kappa shape index (κ1) is 19.5. The highest BCUT2D eigenvalue weighted by Crippen LogP contribution is 2.30. The van der Waals surface area contributed by atoms with E-state index in [9.17, 15) is 26.7 Å². The summed E-state index contributed by atoms with van der Waals surface area (Å²) in [5.41, 5.74) is -0.142. The Bertz CT molecular complexity index is 778. The van der Waals surface area contributed by atoms with Crippen molar-refractivity contribution in [3.8, 4) is 5.75 Å². The van der Waals surface area contributed by atoms with E-state index in [0.29, 0.717) is 5.56 Å². The minimum atomic E-state index is -4.48. The van der Waals surface area contributed by atoms with Crippen molar-refractivity contribution in [2.75, 3.05) is 17.2 Å². The van der Waals surface area contributed by atoms with Gasteiger partial charge in [0.25, 0.3) is 0 Å². The van der Waals surface area contributed by atoms with Crippen molar-refractivity contribution in [1.82, 2.24) is 0 Å². The average Bonchev–Trinajstić information content (AvgIpc) is 2.56. The minimum Gasteiger partial charge on any atom is -0.434 e. The molecular weight excluding hydrogens is 359 g/mol. The Labute approximate surface area is 146 Å². The Morgan fingerprint density at radius 2 is 1.85 bits per heavy atom. The first-order valence-corrected chi connectivity index (χ1v) is 7.42. The fourth-order valence-corrected chi connectivity index (χ4v) is 2.16. The number of nitrogens with one attached hydrogen (secondary N) is 2. The van der Waals surface area contributed by atoms with Gasteiger partial charge < -0.3 is 15.4 Å². The number of carbonyl (C=O) groups excluding carboxylic acids is 1. The third kappa shape index (κ3) is 5.33. The molecule has 0 bridgehead atoms. The average molecular weight is 374 g/mol. The van der Waals surface area contributed by atoms with Crippen LogP contribution in [0.5, 0.6) is 5.75 Å². The number of carbonyl (C=O) groups is 1. The number of benzene rings is 2. The fraction of sp³-hybridized carbons (Fsp3) is 0.235. The molecule has 2 rings (SSSR count). The molecule has 0 aliphatic heterocycles. The summed E-state index contributed by atoms with van der Waals surface area (Å²) in [6.07, 6.45) is -4.48. The summed E-state index contributed by atoms with van der Waals surface area (Å²) in [6, 6.07) is 8.68. The lowest BCUT2D eigenvalue weighted by molar-refractivity contribution is -0.137. The molecule has 0 aliphatic rings. The molecule has 0 aromatic heterocycles. The Morgan fingerprint density at radius 1 is 1.15 bits per heavy atom. The van der Waals surface area contributed by atoms with Crippen LogP contribution in [0.1, 0.15) is 11.1 Å². The molecule has 26 heavy (non-hydrogen) atoms. The van der Waals surface area contributed by atoms with Crippen LogP contribution in [-0.2, 0) is 11.0 Å². The molecule has 0 saturated heterocycles. The van der Waals surface area contributed by atoms with Crippen LogP contribution in [0.25, 0.3) is 0 Å². The molecule has 2 aromatic carbocycles. The second kappa shape index (κ2) is 8.03. The third-order valence-corrected chi connectivity index (χ3v) is 3.42. The van der Waals surface area contributed by atoms with Gasteiger partial charge in [0.15, 0.2) is 0 Å². The van der Waals surface area contributed by atoms with Crippen LogP contribution in [0.2, 0.25) is 0 Å². The quantitative estimate of drug-likeness (QED) is 0.723. The van der Waals surface area contributed by atoms with Crippen LogP contribution in [0.4, 0.5) is 33.3 Å². The van der Waals surface area contributed by atoms with E-state index in [4.69, 9.17) is 0 Å². The molecule has 2 N–H and O–H groups in total. The van der Waals surface area contributed by atoms with E-state index in [1.165, 1.54) is 37.3 Å². The largest absolute Gasteiger partial charge is 0.434 e. The number of hydrogen-bond donors (Lipinski definition) is 2. The van der Waals surface area contributed by atoms with E-state index >= 15 is 0 Å². The summed E-state index contributed by atoms with van der Waals surface area (Å²) < 4.78 is 66.9. The standard InChI is InChI=1S/C17H15F5N2O2/c1-10-13(6-3-7-14(10)26-16(18)19)24-15(25)9-23-12-5-2-4-11(8-12)17(20,21)22/h2-8,16,23H,9H2,1H3,(H,24,25). The lowest BCUT2D eigenvalue weighted by Crippen LogP contribution is -2.22. The molecule has 1 amide bonds. The summed E-state index contributed by atoms with van der Waals surface area (Å²) in [5, 5.41) is 5.07. The molecule has 2 aromatic rings. The van der Waals surface area contributed by atoms with Crippen LogP contribution in [0.15, 0.2) is 42.5 Å². The second-order valence-corrected chi connectivity index (χ2v) is 5.29. The first-order valence-electron chi connectivity index (χ1n) is 7.42. The highest BCUT2D eigenvalue weighted by atomic mass is 19.4. The van der Waals surface area contributed by atoms with Crippen molar-refractivity contribution in [2.45, 2.75) is 19.7 Å². The Morgan fingerprint density at radius 3 is 2.50 bits per heavy atom. The van der Waals surface area contributed by atoms with E-state index in [1.54, 1.807) is 0 Å². The molecule has 0 fully saturated rings. The highest BCUT2D eigenvalue weighted by Gasteiger charge is 2.30. The van der Waals surface area contributed by atoms with Gasteiger partial charge in [-0.3, -0.25) is 4.79 Å². The number of amides is 1. The number of hydrogen-bond acceptors (Lipinski definition) is 3. The van der Waals surface area contributed by atoms with Gasteiger partial charge in [-0.15, -0.1) is 0 Å². The lowest BCUT2D eigenvalue weighted by atomic mass is 10.1. The SMILES string of the molecule is Cc1c(NC(=O)CNc2cccc(C(F)(F)F)c2)cccc1OC(F)F. The van der Waals surface area contributed by atoms with E-state index < -0.39 is 24.3 Å². The normalized spacial score (nSPS) is 11.3. The van der Waals surface area contributed by atoms with E-state index in [0.717, 1.165) is 12.1 Å². The second-order valence-electron chi connectivity index (χ2n) is 5.29. The monoisotopic (exact) mass is 374 g/mol. The Kier molecular flexibility index (Phi) is 6.01. The number of ether oxygens (including phenoxy) is 1. The van der Waals surface area contributed by atoms with Crippen molar-refractivity contribution in [1.29, 1.82) is 0 Å². The van der Waals surface area contributed by atoms with Gasteiger partial charge in [-0.2, -0.15) is 22.0 Å². The maximum atomic E-state index is 12.7. The van der Waals surface area contributed by atoms with Gasteiger partial charge in [-0.05, 0) is 37.3 Å². The zero-order valence-electron chi connectivity index (χ0n) is 13.5. The van der Waals surface area contributed by atoms with Crippen molar-refractivity contribution >= 4 is 17.3 Å². The van der Waals surface area contributed by atoms with Crippen LogP contribution < -0.4 is 15.4 Å². The number of alkyl halides is 5. The van der Waals surface area contributed by atoms with Crippen molar-refractivity contribution in [3.05, 3.63) is 53.6 Å². The molecule has 0 atom stereocenters. The predicted molar refractivity (Wildman–Crippen MR) is 86.4 cm³/mol. The van der Waals surface area contributed by atoms with Gasteiger partial charge in [0, 0.05) is 16.9 Å². The van der Waals surface area contributed by atoms with Gasteiger partial charge in [0.2, 0.25) is 5.91 Å². The molecule has 0 aliphatic carbocycles. The summed E-state index contributed by atoms with van der Waals surface area (Å²) in [4.78, 5) is 12.0. The molecular formula is C17H15F5N2O2. The smallest absolute Gasteiger partial charge is 0.416 e. The van der Waals surface area contributed by atoms with Gasteiger partial charge in [0.05, 0.1) is 12.1 Å². The number of rotatable bonds is 6. The maximum absolute atomic E-state index is 12.7. The third-order valence-electron chi connectivity index (χ3n) is 3.42. The maximum Gasteiger partial charge on any atom is 0.416 e. The molecule has 0 radical (unpaired) electrons. The van der Waals surface area contributed by atoms with E-state index in [-0.39, 0.29) is 23.7 Å². The van der Waals surface area contributed by atoms with Crippen molar-refractivity contribution < 1.29 is 31.5 Å². The summed E-state index contributed by atoms with van der Waals surface area (Å²) >= 11 is 0. The van der Waals surface area contributed by atoms with E-state index in [2.05, 4.69) is 15.4 Å². The Hall–Kier alpha value is -2.84. The number of halogens is 5. The van der Waals surface area contributed by atoms with Crippen LogP contribution in [0, 0.1) is 6.92 Å². The summed E-state index contributed by atoms with van der Waals surface area (Å²) in [7, 11) is 0. The molecule has 4 nitrogen and oxygen atoms in total. The number of anilines is 2. The van der Waals surface area contributed by atoms with Crippen LogP contribution in [0.3, 0.4) is 0 Å². The fourth-order valence-electron chi connectivity index (χ4n) is 2.16. The lowest BCUT2D eigenvalue weighted by Gasteiger charge is -2.14. The van der Waals surface area contributed by atoms with Gasteiger partial charge >= 0.3 is 12.8 Å².